The van der Waals surface area contributed by atoms with Gasteiger partial charge >= 0.3 is 0 Å². The lowest BCUT2D eigenvalue weighted by Crippen LogP contribution is -2.71. The summed E-state index contributed by atoms with van der Waals surface area (Å²) in [5.41, 5.74) is 0.0229. The molecular weight excluding hydrogens is 178 g/mol. The number of rotatable bonds is 0. The SMILES string of the molecule is CC1(C)CO[C@@H]2C(=O)N(C(C)(C)C)[C@@H]21. The molecule has 0 bridgehead atoms. The van der Waals surface area contributed by atoms with Crippen LogP contribution in [-0.4, -0.2) is 35.1 Å². The second kappa shape index (κ2) is 2.51. The third kappa shape index (κ3) is 1.11. The van der Waals surface area contributed by atoms with Gasteiger partial charge in [-0.1, -0.05) is 13.8 Å². The van der Waals surface area contributed by atoms with Gasteiger partial charge in [0.05, 0.1) is 12.6 Å². The Morgan fingerprint density at radius 1 is 1.43 bits per heavy atom. The van der Waals surface area contributed by atoms with E-state index in [2.05, 4.69) is 34.6 Å². The van der Waals surface area contributed by atoms with Crippen molar-refractivity contribution >= 4 is 5.91 Å². The first-order valence-electron chi connectivity index (χ1n) is 5.20. The maximum Gasteiger partial charge on any atom is 0.254 e. The average Bonchev–Trinajstić information content (AvgIpc) is 2.19. The highest BCUT2D eigenvalue weighted by Gasteiger charge is 2.62. The van der Waals surface area contributed by atoms with Gasteiger partial charge in [0.2, 0.25) is 0 Å². The molecule has 0 spiro atoms. The van der Waals surface area contributed by atoms with E-state index in [0.29, 0.717) is 6.61 Å². The summed E-state index contributed by atoms with van der Waals surface area (Å²) in [6, 6.07) is 0.273. The van der Waals surface area contributed by atoms with Gasteiger partial charge in [-0.3, -0.25) is 4.79 Å². The van der Waals surface area contributed by atoms with Gasteiger partial charge in [0.1, 0.15) is 0 Å². The van der Waals surface area contributed by atoms with Crippen LogP contribution in [0.5, 0.6) is 0 Å². The van der Waals surface area contributed by atoms with Crippen LogP contribution in [0.1, 0.15) is 34.6 Å². The Balaban J connectivity index is 2.26. The largest absolute Gasteiger partial charge is 0.366 e. The van der Waals surface area contributed by atoms with E-state index in [1.54, 1.807) is 0 Å². The number of amides is 1. The molecule has 2 fully saturated rings. The lowest BCUT2D eigenvalue weighted by atomic mass is 9.76. The van der Waals surface area contributed by atoms with Crippen molar-refractivity contribution in [2.75, 3.05) is 6.61 Å². The molecule has 0 unspecified atom stereocenters. The van der Waals surface area contributed by atoms with Gasteiger partial charge in [0, 0.05) is 11.0 Å². The second-order valence-electron chi connectivity index (χ2n) is 6.04. The molecule has 0 aromatic carbocycles. The number of β-lactam (4-membered cyclic amide) rings is 1. The van der Waals surface area contributed by atoms with E-state index in [0.717, 1.165) is 0 Å². The van der Waals surface area contributed by atoms with Crippen molar-refractivity contribution in [1.82, 2.24) is 4.90 Å². The number of carbonyl (C=O) groups is 1. The Morgan fingerprint density at radius 2 is 2.00 bits per heavy atom. The van der Waals surface area contributed by atoms with Crippen molar-refractivity contribution in [2.45, 2.75) is 52.3 Å². The van der Waals surface area contributed by atoms with Gasteiger partial charge in [-0.2, -0.15) is 0 Å². The van der Waals surface area contributed by atoms with Crippen molar-refractivity contribution in [2.24, 2.45) is 5.41 Å². The molecule has 3 heteroatoms. The van der Waals surface area contributed by atoms with Crippen molar-refractivity contribution in [1.29, 1.82) is 0 Å². The first-order valence-corrected chi connectivity index (χ1v) is 5.20. The number of ether oxygens (including phenoxy) is 1. The Bertz CT molecular complexity index is 278. The normalized spacial score (nSPS) is 35.5. The highest BCUT2D eigenvalue weighted by atomic mass is 16.5. The van der Waals surface area contributed by atoms with Gasteiger partial charge in [-0.25, -0.2) is 0 Å². The fourth-order valence-corrected chi connectivity index (χ4v) is 2.52. The minimum absolute atomic E-state index is 0.0801. The first kappa shape index (κ1) is 9.97. The van der Waals surface area contributed by atoms with Crippen LogP contribution in [0.25, 0.3) is 0 Å². The third-order valence-electron chi connectivity index (χ3n) is 3.20. The molecule has 2 rings (SSSR count). The molecular formula is C11H19NO2. The van der Waals surface area contributed by atoms with Gasteiger partial charge in [0.15, 0.2) is 6.10 Å². The quantitative estimate of drug-likeness (QED) is 0.550. The molecule has 2 heterocycles. The van der Waals surface area contributed by atoms with Crippen LogP contribution in [0.2, 0.25) is 0 Å². The zero-order valence-corrected chi connectivity index (χ0v) is 9.63. The van der Waals surface area contributed by atoms with Crippen LogP contribution in [-0.2, 0) is 9.53 Å². The van der Waals surface area contributed by atoms with Gasteiger partial charge in [0.25, 0.3) is 5.91 Å². The van der Waals surface area contributed by atoms with Gasteiger partial charge in [-0.15, -0.1) is 0 Å². The molecule has 0 saturated carbocycles. The molecule has 3 nitrogen and oxygen atoms in total. The van der Waals surface area contributed by atoms with Crippen molar-refractivity contribution < 1.29 is 9.53 Å². The molecule has 0 aromatic rings. The number of hydrogen-bond acceptors (Lipinski definition) is 2. The molecule has 0 N–H and O–H groups in total. The van der Waals surface area contributed by atoms with Crippen molar-refractivity contribution in [3.8, 4) is 0 Å². The smallest absolute Gasteiger partial charge is 0.254 e. The molecule has 0 aromatic heterocycles. The van der Waals surface area contributed by atoms with Crippen LogP contribution >= 0.6 is 0 Å². The van der Waals surface area contributed by atoms with Crippen LogP contribution in [0.4, 0.5) is 0 Å². The Morgan fingerprint density at radius 3 is 2.50 bits per heavy atom. The molecule has 2 aliphatic rings. The number of likely N-dealkylation sites (tertiary alicyclic amines) is 1. The summed E-state index contributed by atoms with van der Waals surface area (Å²) < 4.78 is 5.51. The summed E-state index contributed by atoms with van der Waals surface area (Å²) in [5.74, 6) is 0.160. The van der Waals surface area contributed by atoms with E-state index in [9.17, 15) is 4.79 Å². The van der Waals surface area contributed by atoms with Crippen LogP contribution < -0.4 is 0 Å². The molecule has 2 aliphatic heterocycles. The number of nitrogens with zero attached hydrogens (tertiary/aromatic N) is 1. The van der Waals surface area contributed by atoms with Crippen LogP contribution in [0, 0.1) is 5.41 Å². The standard InChI is InChI=1S/C11H19NO2/c1-10(2,3)12-8-7(9(12)13)14-6-11(8,4)5/h7-8H,6H2,1-5H3/t7-,8-/m0/s1. The van der Waals surface area contributed by atoms with Crippen LogP contribution in [0.15, 0.2) is 0 Å². The molecule has 2 atom stereocenters. The summed E-state index contributed by atoms with van der Waals surface area (Å²) in [4.78, 5) is 13.8. The summed E-state index contributed by atoms with van der Waals surface area (Å²) in [7, 11) is 0. The number of carbonyl (C=O) groups excluding carboxylic acids is 1. The first-order chi connectivity index (χ1) is 6.25. The van der Waals surface area contributed by atoms with Crippen LogP contribution in [0.3, 0.4) is 0 Å². The molecule has 0 radical (unpaired) electrons. The maximum atomic E-state index is 11.8. The summed E-state index contributed by atoms with van der Waals surface area (Å²) in [6.07, 6.45) is -0.163. The van der Waals surface area contributed by atoms with E-state index in [1.165, 1.54) is 0 Å². The molecule has 1 amide bonds. The summed E-state index contributed by atoms with van der Waals surface area (Å²) >= 11 is 0. The molecule has 80 valence electrons. The van der Waals surface area contributed by atoms with E-state index in [-0.39, 0.29) is 29.0 Å². The van der Waals surface area contributed by atoms with E-state index >= 15 is 0 Å². The zero-order chi connectivity index (χ0) is 10.7. The van der Waals surface area contributed by atoms with Crippen molar-refractivity contribution in [3.63, 3.8) is 0 Å². The molecule has 2 saturated heterocycles. The summed E-state index contributed by atoms with van der Waals surface area (Å²) in [5, 5.41) is 0. The number of hydrogen-bond donors (Lipinski definition) is 0. The topological polar surface area (TPSA) is 29.5 Å². The summed E-state index contributed by atoms with van der Waals surface area (Å²) in [6.45, 7) is 11.3. The predicted molar refractivity (Wildman–Crippen MR) is 53.9 cm³/mol. The fraction of sp³-hybridized carbons (Fsp3) is 0.909. The minimum Gasteiger partial charge on any atom is -0.366 e. The van der Waals surface area contributed by atoms with Gasteiger partial charge < -0.3 is 9.64 Å². The van der Waals surface area contributed by atoms with E-state index in [1.807, 2.05) is 4.90 Å². The van der Waals surface area contributed by atoms with Crippen molar-refractivity contribution in [3.05, 3.63) is 0 Å². The predicted octanol–water partition coefficient (Wildman–Crippen LogP) is 1.42. The second-order valence-corrected chi connectivity index (χ2v) is 6.04. The number of fused-ring (bicyclic) bond motifs is 1. The zero-order valence-electron chi connectivity index (χ0n) is 9.63. The third-order valence-corrected chi connectivity index (χ3v) is 3.20. The van der Waals surface area contributed by atoms with Gasteiger partial charge in [-0.05, 0) is 20.8 Å². The molecule has 0 aliphatic carbocycles. The highest BCUT2D eigenvalue weighted by Crippen LogP contribution is 2.46. The lowest BCUT2D eigenvalue weighted by molar-refractivity contribution is -0.174. The van der Waals surface area contributed by atoms with E-state index < -0.39 is 0 Å². The monoisotopic (exact) mass is 197 g/mol. The highest BCUT2D eigenvalue weighted by molar-refractivity contribution is 5.90. The van der Waals surface area contributed by atoms with E-state index in [4.69, 9.17) is 4.74 Å². The minimum atomic E-state index is -0.163. The Hall–Kier alpha value is -0.570. The molecule has 14 heavy (non-hydrogen) atoms. The maximum absolute atomic E-state index is 11.8. The average molecular weight is 197 g/mol. The fourth-order valence-electron chi connectivity index (χ4n) is 2.52. The lowest BCUT2D eigenvalue weighted by Gasteiger charge is -2.53. The Labute approximate surface area is 85.4 Å². The Kier molecular flexibility index (Phi) is 1.79.